The van der Waals surface area contributed by atoms with Gasteiger partial charge in [0.15, 0.2) is 0 Å². The van der Waals surface area contributed by atoms with Crippen molar-refractivity contribution in [2.24, 2.45) is 11.3 Å². The van der Waals surface area contributed by atoms with E-state index < -0.39 is 37.5 Å². The van der Waals surface area contributed by atoms with Gasteiger partial charge in [-0.2, -0.15) is 4.98 Å². The van der Waals surface area contributed by atoms with E-state index in [0.29, 0.717) is 73.9 Å². The average molecular weight is 917 g/mol. The summed E-state index contributed by atoms with van der Waals surface area (Å²) in [6.07, 6.45) is 7.72. The van der Waals surface area contributed by atoms with Crippen molar-refractivity contribution in [1.82, 2.24) is 19.6 Å². The number of H-pyrrole nitrogens is 1. The number of rotatable bonds is 12. The van der Waals surface area contributed by atoms with Gasteiger partial charge < -0.3 is 34.3 Å². The number of nitrogens with one attached hydrogen (secondary N) is 3. The number of aromatic amines is 1. The maximum Gasteiger partial charge on any atom is 0.293 e. The Balaban J connectivity index is 0.875. The van der Waals surface area contributed by atoms with Gasteiger partial charge in [-0.3, -0.25) is 19.8 Å². The topological polar surface area (TPSA) is 184 Å². The summed E-state index contributed by atoms with van der Waals surface area (Å²) in [6, 6.07) is 22.7. The van der Waals surface area contributed by atoms with Crippen molar-refractivity contribution < 1.29 is 32.3 Å². The van der Waals surface area contributed by atoms with Gasteiger partial charge in [0.2, 0.25) is 5.88 Å². The first-order valence-electron chi connectivity index (χ1n) is 23.4. The highest BCUT2D eigenvalue weighted by atomic mass is 32.2. The first-order valence-corrected chi connectivity index (χ1v) is 24.8. The van der Waals surface area contributed by atoms with Gasteiger partial charge in [0.05, 0.1) is 40.3 Å². The first-order chi connectivity index (χ1) is 31.9. The normalized spacial score (nSPS) is 23.0. The number of benzene rings is 3. The van der Waals surface area contributed by atoms with Crippen LogP contribution in [0.2, 0.25) is 0 Å². The van der Waals surface area contributed by atoms with Crippen molar-refractivity contribution in [3.8, 4) is 5.88 Å². The number of amides is 1. The lowest BCUT2D eigenvalue weighted by atomic mass is 9.60. The van der Waals surface area contributed by atoms with E-state index in [1.165, 1.54) is 36.1 Å². The Morgan fingerprint density at radius 2 is 1.80 bits per heavy atom. The van der Waals surface area contributed by atoms with Gasteiger partial charge in [0.1, 0.15) is 23.1 Å². The SMILES string of the molecule is CC(C)c1ccccc1[C@@H]1CCCN1C1CC2(C1)CN(c1ccc(C(=O)NS(=O)(=O)c3ccc(NCC4CCOCC4)c([N+](=O)[O-])c3)c(N3c4cc5cc[nH]c5nc4O[C@@H]4COC[C@H]43)c1)C2. The Kier molecular flexibility index (Phi) is 10.9. The van der Waals surface area contributed by atoms with Gasteiger partial charge in [-0.1, -0.05) is 38.1 Å². The Morgan fingerprint density at radius 3 is 2.61 bits per heavy atom. The van der Waals surface area contributed by atoms with Gasteiger partial charge >= 0.3 is 0 Å². The number of nitrogens with zero attached hydrogens (tertiary/aromatic N) is 5. The number of nitro groups is 1. The zero-order valence-corrected chi connectivity index (χ0v) is 38.1. The molecule has 5 aromatic rings. The van der Waals surface area contributed by atoms with Gasteiger partial charge in [-0.05, 0) is 110 Å². The number of anilines is 4. The lowest BCUT2D eigenvalue weighted by molar-refractivity contribution is -0.384. The monoisotopic (exact) mass is 916 g/mol. The minimum Gasteiger partial charge on any atom is -0.468 e. The summed E-state index contributed by atoms with van der Waals surface area (Å²) in [5, 5.41) is 16.2. The molecule has 0 radical (unpaired) electrons. The fourth-order valence-electron chi connectivity index (χ4n) is 11.5. The lowest BCUT2D eigenvalue weighted by Gasteiger charge is -2.62. The number of pyridine rings is 1. The molecule has 4 saturated heterocycles. The van der Waals surface area contributed by atoms with Crippen LogP contribution in [-0.4, -0.2) is 105 Å². The number of hydrogen-bond acceptors (Lipinski definition) is 13. The number of hydrogen-bond donors (Lipinski definition) is 3. The third kappa shape index (κ3) is 7.72. The number of aromatic nitrogens is 2. The van der Waals surface area contributed by atoms with Gasteiger partial charge in [0.25, 0.3) is 21.6 Å². The first kappa shape index (κ1) is 42.9. The van der Waals surface area contributed by atoms with Crippen molar-refractivity contribution in [3.63, 3.8) is 0 Å². The molecule has 5 fully saturated rings. The minimum absolute atomic E-state index is 0.111. The highest BCUT2D eigenvalue weighted by molar-refractivity contribution is 7.90. The molecule has 3 aromatic carbocycles. The minimum atomic E-state index is -4.58. The van der Waals surface area contributed by atoms with E-state index in [0.717, 1.165) is 62.5 Å². The molecule has 2 aromatic heterocycles. The molecule has 1 aliphatic carbocycles. The predicted molar refractivity (Wildman–Crippen MR) is 250 cm³/mol. The number of likely N-dealkylation sites (tertiary alicyclic amines) is 1. The van der Waals surface area contributed by atoms with Crippen LogP contribution in [0.1, 0.15) is 85.8 Å². The molecule has 7 heterocycles. The van der Waals surface area contributed by atoms with Gasteiger partial charge in [-0.25, -0.2) is 13.1 Å². The maximum absolute atomic E-state index is 14.5. The molecular weight excluding hydrogens is 861 g/mol. The number of ether oxygens (including phenoxy) is 3. The maximum atomic E-state index is 14.5. The van der Waals surface area contributed by atoms with E-state index in [2.05, 4.69) is 62.9 Å². The second-order valence-corrected chi connectivity index (χ2v) is 21.1. The Bertz CT molecular complexity index is 2800. The standard InChI is InChI=1S/C49H56N8O8S/c1-30(2)36-6-3-4-7-37(36)40-8-5-17-55(40)34-23-49(24-34)28-54(29-49)33-9-11-38(41(21-33)56-43-20-32-13-16-50-46(32)52-48(43)65-45-27-64-26-44(45)56)47(58)53-66(61,62)35-10-12-39(42(22-35)57(59)60)51-25-31-14-18-63-19-15-31/h3-4,6-7,9-13,16,20-22,30-31,34,40,44-45,51H,5,8,14-15,17-19,23-29H2,1-2H3,(H,50,52)(H,53,58)/t40-,44+,45+/m0/s1. The number of sulfonamides is 1. The molecule has 11 rings (SSSR count). The van der Waals surface area contributed by atoms with Crippen molar-refractivity contribution in [2.45, 2.75) is 87.4 Å². The highest BCUT2D eigenvalue weighted by Gasteiger charge is 2.55. The third-order valence-electron chi connectivity index (χ3n) is 14.9. The van der Waals surface area contributed by atoms with Crippen molar-refractivity contribution in [3.05, 3.63) is 106 Å². The van der Waals surface area contributed by atoms with Crippen molar-refractivity contribution in [1.29, 1.82) is 0 Å². The second-order valence-electron chi connectivity index (χ2n) is 19.5. The molecule has 66 heavy (non-hydrogen) atoms. The molecule has 0 bridgehead atoms. The van der Waals surface area contributed by atoms with Gasteiger partial charge in [-0.15, -0.1) is 0 Å². The fourth-order valence-corrected chi connectivity index (χ4v) is 12.5. The van der Waals surface area contributed by atoms with Crippen LogP contribution >= 0.6 is 0 Å². The molecule has 17 heteroatoms. The largest absolute Gasteiger partial charge is 0.468 e. The van der Waals surface area contributed by atoms with E-state index >= 15 is 0 Å². The number of carbonyl (C=O) groups excluding carboxylic acids is 1. The summed E-state index contributed by atoms with van der Waals surface area (Å²) in [4.78, 5) is 40.9. The lowest BCUT2D eigenvalue weighted by Crippen LogP contribution is -2.66. The predicted octanol–water partition coefficient (Wildman–Crippen LogP) is 7.66. The summed E-state index contributed by atoms with van der Waals surface area (Å²) >= 11 is 0. The Morgan fingerprint density at radius 1 is 0.985 bits per heavy atom. The number of nitro benzene ring substituents is 1. The van der Waals surface area contributed by atoms with E-state index in [-0.39, 0.29) is 28.6 Å². The zero-order chi connectivity index (χ0) is 45.3. The molecule has 5 aliphatic heterocycles. The molecule has 1 spiro atoms. The molecule has 0 unspecified atom stereocenters. The van der Waals surface area contributed by atoms with Crippen LogP contribution < -0.4 is 24.6 Å². The molecule has 1 saturated carbocycles. The van der Waals surface area contributed by atoms with Crippen LogP contribution in [0, 0.1) is 21.4 Å². The van der Waals surface area contributed by atoms with Crippen molar-refractivity contribution >= 4 is 55.4 Å². The Labute approximate surface area is 384 Å². The smallest absolute Gasteiger partial charge is 0.293 e. The van der Waals surface area contributed by atoms with E-state index in [1.807, 2.05) is 29.2 Å². The Hall–Kier alpha value is -5.75. The van der Waals surface area contributed by atoms with Crippen LogP contribution in [0.5, 0.6) is 5.88 Å². The highest BCUT2D eigenvalue weighted by Crippen LogP contribution is 2.55. The average Bonchev–Trinajstić information content (AvgIpc) is 4.08. The van der Waals surface area contributed by atoms with Gasteiger partial charge in [0, 0.05) is 73.7 Å². The summed E-state index contributed by atoms with van der Waals surface area (Å²) in [7, 11) is -4.58. The van der Waals surface area contributed by atoms with Crippen LogP contribution in [0.4, 0.5) is 28.4 Å². The molecule has 3 atom stereocenters. The summed E-state index contributed by atoms with van der Waals surface area (Å²) in [6.45, 7) is 9.81. The zero-order valence-electron chi connectivity index (χ0n) is 37.3. The third-order valence-corrected chi connectivity index (χ3v) is 16.3. The van der Waals surface area contributed by atoms with Crippen LogP contribution in [0.3, 0.4) is 0 Å². The molecule has 1 amide bonds. The number of fused-ring (bicyclic) bond motifs is 3. The summed E-state index contributed by atoms with van der Waals surface area (Å²) in [5.74, 6) is 0.249. The molecule has 6 aliphatic rings. The summed E-state index contributed by atoms with van der Waals surface area (Å²) < 4.78 is 48.1. The van der Waals surface area contributed by atoms with E-state index in [9.17, 15) is 23.3 Å². The molecule has 3 N–H and O–H groups in total. The van der Waals surface area contributed by atoms with Crippen LogP contribution in [-0.2, 0) is 19.5 Å². The molecule has 346 valence electrons. The van der Waals surface area contributed by atoms with Crippen molar-refractivity contribution in [2.75, 3.05) is 67.7 Å². The van der Waals surface area contributed by atoms with E-state index in [1.54, 1.807) is 12.3 Å². The van der Waals surface area contributed by atoms with Crippen LogP contribution in [0.25, 0.3) is 11.0 Å². The van der Waals surface area contributed by atoms with E-state index in [4.69, 9.17) is 19.2 Å². The van der Waals surface area contributed by atoms with Crippen LogP contribution in [0.15, 0.2) is 83.9 Å². The number of carbonyl (C=O) groups is 1. The molecule has 16 nitrogen and oxygen atoms in total. The summed E-state index contributed by atoms with van der Waals surface area (Å²) in [5.41, 5.74) is 5.73. The molecular formula is C49H56N8O8S. The fraction of sp³-hybridized carbons (Fsp3) is 0.469. The quantitative estimate of drug-likeness (QED) is 0.0820. The second kappa shape index (κ2) is 16.8.